The first-order chi connectivity index (χ1) is 19.5. The fraction of sp³-hybridized carbons (Fsp3) is 0.379. The Bertz CT molecular complexity index is 1610. The third kappa shape index (κ3) is 6.75. The molecule has 3 aromatic rings. The Labute approximate surface area is 238 Å². The molecule has 2 aromatic carbocycles. The predicted molar refractivity (Wildman–Crippen MR) is 150 cm³/mol. The number of benzene rings is 2. The van der Waals surface area contributed by atoms with Gasteiger partial charge in [0, 0.05) is 11.9 Å². The molecule has 2 amide bonds. The number of carbonyl (C=O) groups is 3. The highest BCUT2D eigenvalue weighted by atomic mass is 32.2. The summed E-state index contributed by atoms with van der Waals surface area (Å²) in [7, 11) is -2.57. The van der Waals surface area contributed by atoms with Gasteiger partial charge in [0.05, 0.1) is 30.2 Å². The summed E-state index contributed by atoms with van der Waals surface area (Å²) in [6.07, 6.45) is 0.844. The molecule has 11 nitrogen and oxygen atoms in total. The zero-order chi connectivity index (χ0) is 29.7. The number of hydrogen-bond acceptors (Lipinski definition) is 8. The van der Waals surface area contributed by atoms with E-state index in [-0.39, 0.29) is 35.1 Å². The first kappa shape index (κ1) is 29.8. The van der Waals surface area contributed by atoms with Crippen LogP contribution in [0.4, 0.5) is 0 Å². The van der Waals surface area contributed by atoms with Crippen LogP contribution in [0.1, 0.15) is 49.2 Å². The van der Waals surface area contributed by atoms with Crippen molar-refractivity contribution in [1.29, 1.82) is 5.26 Å². The molecule has 2 N–H and O–H groups in total. The van der Waals surface area contributed by atoms with E-state index < -0.39 is 46.2 Å². The number of furan rings is 1. The van der Waals surface area contributed by atoms with Crippen LogP contribution in [0.3, 0.4) is 0 Å². The van der Waals surface area contributed by atoms with Crippen LogP contribution in [0, 0.1) is 17.2 Å². The Morgan fingerprint density at radius 3 is 2.66 bits per heavy atom. The minimum atomic E-state index is -4.11. The normalized spacial score (nSPS) is 17.0. The summed E-state index contributed by atoms with van der Waals surface area (Å²) in [4.78, 5) is 39.3. The second-order valence-electron chi connectivity index (χ2n) is 10.3. The van der Waals surface area contributed by atoms with Crippen molar-refractivity contribution in [3.05, 3.63) is 59.9 Å². The number of nitriles is 1. The molecule has 4 rings (SSSR count). The highest BCUT2D eigenvalue weighted by Gasteiger charge is 2.35. The van der Waals surface area contributed by atoms with Crippen LogP contribution in [-0.2, 0) is 19.6 Å². The highest BCUT2D eigenvalue weighted by molar-refractivity contribution is 7.89. The van der Waals surface area contributed by atoms with E-state index in [1.54, 1.807) is 30.3 Å². The monoisotopic (exact) mass is 580 g/mol. The molecule has 1 aliphatic rings. The third-order valence-electron chi connectivity index (χ3n) is 6.84. The van der Waals surface area contributed by atoms with Crippen LogP contribution >= 0.6 is 0 Å². The predicted octanol–water partition coefficient (Wildman–Crippen LogP) is 3.00. The number of ether oxygens (including phenoxy) is 1. The molecule has 216 valence electrons. The summed E-state index contributed by atoms with van der Waals surface area (Å²) in [5.74, 6) is -0.933. The van der Waals surface area contributed by atoms with Gasteiger partial charge in [-0.15, -0.1) is 0 Å². The highest BCUT2D eigenvalue weighted by Crippen LogP contribution is 2.25. The topological polar surface area (TPSA) is 159 Å². The fourth-order valence-electron chi connectivity index (χ4n) is 4.74. The van der Waals surface area contributed by atoms with Gasteiger partial charge in [-0.3, -0.25) is 14.4 Å². The lowest BCUT2D eigenvalue weighted by molar-refractivity contribution is -0.129. The van der Waals surface area contributed by atoms with Crippen molar-refractivity contribution < 1.29 is 32.0 Å². The number of rotatable bonds is 9. The number of nitrogens with one attached hydrogen (secondary N) is 2. The standard InChI is InChI=1S/C29H32N4O7S/c1-18(2)13-23(32-29(36)26-15-20-14-21(39-3)10-11-25(20)40-26)28(35)31-22-8-6-12-33(17-24(22)34)41(37,38)27-9-5-4-7-19(27)16-30/h4-5,7,9-11,14-15,18,22-23H,6,8,12-13,17H2,1-3H3,(H,31,35)(H,32,36)/t22?,23-/m0/s1. The van der Waals surface area contributed by atoms with E-state index in [1.165, 1.54) is 25.3 Å². The van der Waals surface area contributed by atoms with Crippen molar-refractivity contribution in [1.82, 2.24) is 14.9 Å². The van der Waals surface area contributed by atoms with Crippen LogP contribution in [0.25, 0.3) is 11.0 Å². The third-order valence-corrected chi connectivity index (χ3v) is 8.74. The number of Topliss-reactive ketones (excluding diaryl/α,β-unsaturated/α-hetero) is 1. The van der Waals surface area contributed by atoms with E-state index in [9.17, 15) is 28.1 Å². The molecule has 0 radical (unpaired) electrons. The molecule has 1 unspecified atom stereocenters. The molecule has 0 aliphatic carbocycles. The Kier molecular flexibility index (Phi) is 9.10. The van der Waals surface area contributed by atoms with Gasteiger partial charge >= 0.3 is 0 Å². The average molecular weight is 581 g/mol. The Morgan fingerprint density at radius 1 is 1.20 bits per heavy atom. The zero-order valence-electron chi connectivity index (χ0n) is 23.0. The molecule has 0 bridgehead atoms. The van der Waals surface area contributed by atoms with Gasteiger partial charge in [-0.2, -0.15) is 9.57 Å². The largest absolute Gasteiger partial charge is 0.497 e. The molecule has 1 saturated heterocycles. The van der Waals surface area contributed by atoms with Gasteiger partial charge in [0.1, 0.15) is 23.4 Å². The van der Waals surface area contributed by atoms with Crippen LogP contribution in [0.2, 0.25) is 0 Å². The summed E-state index contributed by atoms with van der Waals surface area (Å²) < 4.78 is 38.4. The second kappa shape index (κ2) is 12.5. The summed E-state index contributed by atoms with van der Waals surface area (Å²) >= 11 is 0. The molecule has 1 fully saturated rings. The number of ketones is 1. The van der Waals surface area contributed by atoms with Crippen LogP contribution in [0.15, 0.2) is 57.8 Å². The minimum Gasteiger partial charge on any atom is -0.497 e. The lowest BCUT2D eigenvalue weighted by Gasteiger charge is -2.23. The molecule has 0 spiro atoms. The smallest absolute Gasteiger partial charge is 0.287 e. The number of sulfonamides is 1. The number of fused-ring (bicyclic) bond motifs is 1. The summed E-state index contributed by atoms with van der Waals surface area (Å²) in [5, 5.41) is 15.5. The molecule has 2 atom stereocenters. The number of nitrogens with zero attached hydrogens (tertiary/aromatic N) is 2. The van der Waals surface area contributed by atoms with Crippen molar-refractivity contribution in [2.75, 3.05) is 20.2 Å². The molecule has 0 saturated carbocycles. The quantitative estimate of drug-likeness (QED) is 0.391. The maximum absolute atomic E-state index is 13.3. The van der Waals surface area contributed by atoms with Crippen LogP contribution < -0.4 is 15.4 Å². The van der Waals surface area contributed by atoms with Gasteiger partial charge in [0.25, 0.3) is 5.91 Å². The van der Waals surface area contributed by atoms with Gasteiger partial charge < -0.3 is 19.8 Å². The van der Waals surface area contributed by atoms with E-state index in [4.69, 9.17) is 9.15 Å². The first-order valence-corrected chi connectivity index (χ1v) is 14.7. The Morgan fingerprint density at radius 2 is 1.95 bits per heavy atom. The van der Waals surface area contributed by atoms with E-state index in [0.29, 0.717) is 29.6 Å². The van der Waals surface area contributed by atoms with Gasteiger partial charge in [-0.1, -0.05) is 26.0 Å². The average Bonchev–Trinajstić information content (AvgIpc) is 3.29. The lowest BCUT2D eigenvalue weighted by atomic mass is 10.0. The van der Waals surface area contributed by atoms with Crippen LogP contribution in [-0.4, -0.2) is 62.6 Å². The number of carbonyl (C=O) groups excluding carboxylic acids is 3. The molecular formula is C29H32N4O7S. The summed E-state index contributed by atoms with van der Waals surface area (Å²) in [6, 6.07) is 12.5. The van der Waals surface area contributed by atoms with E-state index in [1.807, 2.05) is 19.9 Å². The fourth-order valence-corrected chi connectivity index (χ4v) is 6.33. The van der Waals surface area contributed by atoms with E-state index >= 15 is 0 Å². The molecule has 41 heavy (non-hydrogen) atoms. The Hall–Kier alpha value is -4.21. The molecule has 2 heterocycles. The summed E-state index contributed by atoms with van der Waals surface area (Å²) in [5.41, 5.74) is 0.478. The molecule has 1 aliphatic heterocycles. The summed E-state index contributed by atoms with van der Waals surface area (Å²) in [6.45, 7) is 3.41. The van der Waals surface area contributed by atoms with Crippen molar-refractivity contribution in [2.24, 2.45) is 5.92 Å². The minimum absolute atomic E-state index is 0.00934. The number of methoxy groups -OCH3 is 1. The van der Waals surface area contributed by atoms with Crippen LogP contribution in [0.5, 0.6) is 5.75 Å². The molecular weight excluding hydrogens is 548 g/mol. The second-order valence-corrected chi connectivity index (χ2v) is 12.2. The SMILES string of the molecule is COc1ccc2oc(C(=O)N[C@@H](CC(C)C)C(=O)NC3CCCN(S(=O)(=O)c4ccccc4C#N)CC3=O)cc2c1. The van der Waals surface area contributed by atoms with Crippen molar-refractivity contribution in [3.8, 4) is 11.8 Å². The Balaban J connectivity index is 1.46. The maximum atomic E-state index is 13.3. The van der Waals surface area contributed by atoms with Crippen molar-refractivity contribution in [3.63, 3.8) is 0 Å². The maximum Gasteiger partial charge on any atom is 0.287 e. The van der Waals surface area contributed by atoms with Crippen molar-refractivity contribution in [2.45, 2.75) is 50.1 Å². The lowest BCUT2D eigenvalue weighted by Crippen LogP contribution is -2.52. The molecule has 1 aromatic heterocycles. The zero-order valence-corrected chi connectivity index (χ0v) is 23.9. The van der Waals surface area contributed by atoms with Gasteiger partial charge in [0.2, 0.25) is 15.9 Å². The first-order valence-electron chi connectivity index (χ1n) is 13.2. The van der Waals surface area contributed by atoms with E-state index in [2.05, 4.69) is 10.6 Å². The van der Waals surface area contributed by atoms with Gasteiger partial charge in [-0.05, 0) is 61.6 Å². The van der Waals surface area contributed by atoms with Gasteiger partial charge in [0.15, 0.2) is 11.5 Å². The van der Waals surface area contributed by atoms with Crippen molar-refractivity contribution >= 4 is 38.6 Å². The van der Waals surface area contributed by atoms with Gasteiger partial charge in [-0.25, -0.2) is 8.42 Å². The molecule has 12 heteroatoms. The number of amides is 2. The van der Waals surface area contributed by atoms with E-state index in [0.717, 1.165) is 4.31 Å². The number of hydrogen-bond donors (Lipinski definition) is 2.